The van der Waals surface area contributed by atoms with E-state index < -0.39 is 0 Å². The minimum atomic E-state index is 0.153. The Hall–Kier alpha value is -0.220. The second-order valence-electron chi connectivity index (χ2n) is 2.41. The molecule has 0 spiro atoms. The van der Waals surface area contributed by atoms with Crippen LogP contribution in [0.1, 0.15) is 19.8 Å². The maximum absolute atomic E-state index is 10.2. The standard InChI is InChI=1S/C5H11N.C2H5FO.CH3F/c1-6-4-2-3-5-6;1-2-4-3;1-2/h2-5H2,1H3;2H2,1H3;1H3. The van der Waals surface area contributed by atoms with Gasteiger partial charge in [-0.2, -0.15) is 4.94 Å². The van der Waals surface area contributed by atoms with Crippen LogP contribution in [0.25, 0.3) is 0 Å². The summed E-state index contributed by atoms with van der Waals surface area (Å²) in [7, 11) is 2.67. The molecule has 12 heavy (non-hydrogen) atoms. The average Bonchev–Trinajstić information content (AvgIpc) is 2.60. The summed E-state index contributed by atoms with van der Waals surface area (Å²) in [5.41, 5.74) is 0. The van der Waals surface area contributed by atoms with Crippen LogP contribution in [0.4, 0.5) is 8.92 Å². The maximum atomic E-state index is 10.2. The van der Waals surface area contributed by atoms with Crippen LogP contribution in [0.2, 0.25) is 0 Å². The zero-order valence-corrected chi connectivity index (χ0v) is 8.15. The second kappa shape index (κ2) is 13.4. The van der Waals surface area contributed by atoms with E-state index in [1.54, 1.807) is 6.92 Å². The average molecular weight is 183 g/mol. The molecule has 2 nitrogen and oxygen atoms in total. The number of nitrogens with zero attached hydrogens (tertiary/aromatic N) is 1. The van der Waals surface area contributed by atoms with E-state index in [0.717, 1.165) is 0 Å². The van der Waals surface area contributed by atoms with Crippen molar-refractivity contribution in [2.75, 3.05) is 33.9 Å². The molecule has 1 heterocycles. The van der Waals surface area contributed by atoms with E-state index in [1.165, 1.54) is 25.9 Å². The van der Waals surface area contributed by atoms with Gasteiger partial charge in [0.05, 0.1) is 13.8 Å². The Kier molecular flexibility index (Phi) is 16.0. The van der Waals surface area contributed by atoms with Crippen molar-refractivity contribution in [1.29, 1.82) is 0 Å². The van der Waals surface area contributed by atoms with E-state index >= 15 is 0 Å². The van der Waals surface area contributed by atoms with E-state index in [4.69, 9.17) is 0 Å². The van der Waals surface area contributed by atoms with Crippen LogP contribution >= 0.6 is 0 Å². The molecule has 0 aromatic heterocycles. The highest BCUT2D eigenvalue weighted by Gasteiger charge is 2.03. The second-order valence-corrected chi connectivity index (χ2v) is 2.41. The van der Waals surface area contributed by atoms with Crippen molar-refractivity contribution in [2.24, 2.45) is 0 Å². The van der Waals surface area contributed by atoms with Crippen LogP contribution in [-0.2, 0) is 4.94 Å². The van der Waals surface area contributed by atoms with Gasteiger partial charge in [0.1, 0.15) is 0 Å². The fraction of sp³-hybridized carbons (Fsp3) is 1.00. The van der Waals surface area contributed by atoms with Crippen molar-refractivity contribution in [3.8, 4) is 0 Å². The number of halogens is 2. The Labute approximate surface area is 73.4 Å². The van der Waals surface area contributed by atoms with Crippen molar-refractivity contribution in [3.63, 3.8) is 0 Å². The molecule has 0 bridgehead atoms. The van der Waals surface area contributed by atoms with Gasteiger partial charge in [0, 0.05) is 0 Å². The van der Waals surface area contributed by atoms with Crippen molar-refractivity contribution in [3.05, 3.63) is 0 Å². The molecule has 1 fully saturated rings. The highest BCUT2D eigenvalue weighted by atomic mass is 19.3. The Bertz CT molecular complexity index is 66.1. The van der Waals surface area contributed by atoms with E-state index in [1.807, 2.05) is 0 Å². The van der Waals surface area contributed by atoms with E-state index in [-0.39, 0.29) is 6.61 Å². The normalized spacial score (nSPS) is 15.8. The van der Waals surface area contributed by atoms with Gasteiger partial charge < -0.3 is 4.90 Å². The summed E-state index contributed by atoms with van der Waals surface area (Å²) in [6, 6.07) is 0. The van der Waals surface area contributed by atoms with Gasteiger partial charge in [0.25, 0.3) is 0 Å². The summed E-state index contributed by atoms with van der Waals surface area (Å²) in [5, 5.41) is 0. The lowest BCUT2D eigenvalue weighted by Gasteiger charge is -2.01. The molecule has 0 amide bonds. The Morgan fingerprint density at radius 3 is 1.67 bits per heavy atom. The zero-order valence-electron chi connectivity index (χ0n) is 8.15. The van der Waals surface area contributed by atoms with Crippen LogP contribution < -0.4 is 0 Å². The monoisotopic (exact) mass is 183 g/mol. The molecule has 0 atom stereocenters. The minimum absolute atomic E-state index is 0.153. The third-order valence-electron chi connectivity index (χ3n) is 1.44. The third kappa shape index (κ3) is 12.5. The van der Waals surface area contributed by atoms with Crippen LogP contribution in [0.15, 0.2) is 0 Å². The molecular weight excluding hydrogens is 164 g/mol. The SMILES string of the molecule is CCOF.CF.CN1CCCC1. The topological polar surface area (TPSA) is 12.5 Å². The summed E-state index contributed by atoms with van der Waals surface area (Å²) in [5.74, 6) is 0. The number of likely N-dealkylation sites (tertiary alicyclic amines) is 1. The van der Waals surface area contributed by atoms with Crippen molar-refractivity contribution in [1.82, 2.24) is 4.90 Å². The molecule has 0 aliphatic carbocycles. The summed E-state index contributed by atoms with van der Waals surface area (Å²) >= 11 is 0. The first-order valence-electron chi connectivity index (χ1n) is 4.11. The van der Waals surface area contributed by atoms with E-state index in [0.29, 0.717) is 7.18 Å². The smallest absolute Gasteiger partial charge is 0.0848 e. The van der Waals surface area contributed by atoms with Crippen LogP contribution in [-0.4, -0.2) is 38.8 Å². The van der Waals surface area contributed by atoms with Gasteiger partial charge in [0.15, 0.2) is 0 Å². The first-order valence-corrected chi connectivity index (χ1v) is 4.11. The first-order chi connectivity index (χ1) is 5.81. The highest BCUT2D eigenvalue weighted by Crippen LogP contribution is 2.01. The molecular formula is C8H19F2NO. The van der Waals surface area contributed by atoms with Crippen LogP contribution in [0.3, 0.4) is 0 Å². The van der Waals surface area contributed by atoms with Gasteiger partial charge in [-0.3, -0.25) is 4.39 Å². The molecule has 4 heteroatoms. The van der Waals surface area contributed by atoms with E-state index in [9.17, 15) is 8.92 Å². The van der Waals surface area contributed by atoms with Crippen LogP contribution in [0.5, 0.6) is 0 Å². The molecule has 0 aromatic carbocycles. The fourth-order valence-electron chi connectivity index (χ4n) is 0.875. The first kappa shape index (κ1) is 14.3. The minimum Gasteiger partial charge on any atom is -0.306 e. The van der Waals surface area contributed by atoms with E-state index in [2.05, 4.69) is 16.9 Å². The predicted octanol–water partition coefficient (Wildman–Crippen LogP) is 2.21. The summed E-state index contributed by atoms with van der Waals surface area (Å²) < 4.78 is 19.7. The number of alkyl halides is 1. The number of hydrogen-bond acceptors (Lipinski definition) is 2. The summed E-state index contributed by atoms with van der Waals surface area (Å²) in [6.45, 7) is 4.38. The summed E-state index contributed by atoms with van der Waals surface area (Å²) in [6.07, 6.45) is 2.83. The maximum Gasteiger partial charge on any atom is 0.0848 e. The van der Waals surface area contributed by atoms with Gasteiger partial charge in [0.2, 0.25) is 0 Å². The zero-order chi connectivity index (χ0) is 9.82. The molecule has 0 aromatic rings. The molecule has 0 unspecified atom stereocenters. The molecule has 0 radical (unpaired) electrons. The van der Waals surface area contributed by atoms with Gasteiger partial charge >= 0.3 is 0 Å². The Balaban J connectivity index is 0. The molecule has 1 aliphatic heterocycles. The lowest BCUT2D eigenvalue weighted by Crippen LogP contribution is -2.10. The van der Waals surface area contributed by atoms with Crippen molar-refractivity contribution < 1.29 is 13.9 Å². The van der Waals surface area contributed by atoms with Crippen molar-refractivity contribution in [2.45, 2.75) is 19.8 Å². The van der Waals surface area contributed by atoms with Gasteiger partial charge in [-0.15, -0.1) is 0 Å². The quantitative estimate of drug-likeness (QED) is 0.618. The lowest BCUT2D eigenvalue weighted by atomic mass is 10.4. The Morgan fingerprint density at radius 2 is 1.58 bits per heavy atom. The predicted molar refractivity (Wildman–Crippen MR) is 46.5 cm³/mol. The highest BCUT2D eigenvalue weighted by molar-refractivity contribution is 4.59. The summed E-state index contributed by atoms with van der Waals surface area (Å²) in [4.78, 5) is 5.40. The largest absolute Gasteiger partial charge is 0.306 e. The molecule has 1 aliphatic rings. The molecule has 0 N–H and O–H groups in total. The molecule has 76 valence electrons. The van der Waals surface area contributed by atoms with Gasteiger partial charge in [-0.1, -0.05) is 0 Å². The molecule has 0 saturated carbocycles. The number of hydrogen-bond donors (Lipinski definition) is 0. The third-order valence-corrected chi connectivity index (χ3v) is 1.44. The number of rotatable bonds is 1. The fourth-order valence-corrected chi connectivity index (χ4v) is 0.875. The molecule has 1 rings (SSSR count). The van der Waals surface area contributed by atoms with Crippen LogP contribution in [0, 0.1) is 0 Å². The lowest BCUT2D eigenvalue weighted by molar-refractivity contribution is -0.125. The van der Waals surface area contributed by atoms with Crippen molar-refractivity contribution >= 4 is 0 Å². The molecule has 1 saturated heterocycles. The van der Waals surface area contributed by atoms with Gasteiger partial charge in [-0.25, -0.2) is 0 Å². The van der Waals surface area contributed by atoms with Gasteiger partial charge in [-0.05, 0) is 44.4 Å². The Morgan fingerprint density at radius 1 is 1.25 bits per heavy atom.